The van der Waals surface area contributed by atoms with Gasteiger partial charge in [0.25, 0.3) is 5.91 Å². The molecule has 2 aromatic rings. The van der Waals surface area contributed by atoms with E-state index in [0.29, 0.717) is 22.1 Å². The lowest BCUT2D eigenvalue weighted by Gasteiger charge is -2.08. The SMILES string of the molecule is CCc1cc(F)ccc1NC(=O)c1cnc(N)s1. The molecule has 18 heavy (non-hydrogen) atoms. The first-order valence-electron chi connectivity index (χ1n) is 5.41. The number of hydrogen-bond donors (Lipinski definition) is 2. The number of halogens is 1. The predicted octanol–water partition coefficient (Wildman–Crippen LogP) is 2.68. The van der Waals surface area contributed by atoms with Crippen molar-refractivity contribution in [1.29, 1.82) is 0 Å². The van der Waals surface area contributed by atoms with Gasteiger partial charge in [-0.3, -0.25) is 4.79 Å². The van der Waals surface area contributed by atoms with Crippen LogP contribution in [0.4, 0.5) is 15.2 Å². The second-order valence-electron chi connectivity index (χ2n) is 3.67. The highest BCUT2D eigenvalue weighted by atomic mass is 32.1. The lowest BCUT2D eigenvalue weighted by molar-refractivity contribution is 0.103. The normalized spacial score (nSPS) is 10.3. The van der Waals surface area contributed by atoms with E-state index in [2.05, 4.69) is 10.3 Å². The van der Waals surface area contributed by atoms with E-state index in [4.69, 9.17) is 5.73 Å². The van der Waals surface area contributed by atoms with Gasteiger partial charge in [0.2, 0.25) is 0 Å². The lowest BCUT2D eigenvalue weighted by atomic mass is 10.1. The van der Waals surface area contributed by atoms with Crippen molar-refractivity contribution in [3.8, 4) is 0 Å². The van der Waals surface area contributed by atoms with Crippen molar-refractivity contribution in [2.75, 3.05) is 11.1 Å². The van der Waals surface area contributed by atoms with Gasteiger partial charge in [0, 0.05) is 5.69 Å². The van der Waals surface area contributed by atoms with Crippen LogP contribution in [0.15, 0.2) is 24.4 Å². The first-order chi connectivity index (χ1) is 8.60. The Morgan fingerprint density at radius 2 is 2.33 bits per heavy atom. The van der Waals surface area contributed by atoms with Gasteiger partial charge in [-0.05, 0) is 30.2 Å². The van der Waals surface area contributed by atoms with Crippen molar-refractivity contribution >= 4 is 28.1 Å². The zero-order chi connectivity index (χ0) is 13.1. The Balaban J connectivity index is 2.21. The molecule has 0 spiro atoms. The third-order valence-corrected chi connectivity index (χ3v) is 3.27. The zero-order valence-electron chi connectivity index (χ0n) is 9.74. The van der Waals surface area contributed by atoms with E-state index in [9.17, 15) is 9.18 Å². The summed E-state index contributed by atoms with van der Waals surface area (Å²) >= 11 is 1.11. The molecule has 0 atom stereocenters. The molecule has 6 heteroatoms. The van der Waals surface area contributed by atoms with Crippen molar-refractivity contribution in [2.45, 2.75) is 13.3 Å². The molecule has 0 radical (unpaired) electrons. The zero-order valence-corrected chi connectivity index (χ0v) is 10.6. The Kier molecular flexibility index (Phi) is 3.57. The maximum Gasteiger partial charge on any atom is 0.267 e. The molecule has 1 aromatic heterocycles. The van der Waals surface area contributed by atoms with Crippen LogP contribution in [0.3, 0.4) is 0 Å². The fourth-order valence-corrected chi connectivity index (χ4v) is 2.13. The molecule has 3 N–H and O–H groups in total. The summed E-state index contributed by atoms with van der Waals surface area (Å²) in [6.45, 7) is 1.90. The number of nitrogen functional groups attached to an aromatic ring is 1. The molecule has 0 unspecified atom stereocenters. The number of nitrogens with one attached hydrogen (secondary N) is 1. The van der Waals surface area contributed by atoms with Crippen LogP contribution in [0.1, 0.15) is 22.2 Å². The Hall–Kier alpha value is -1.95. The number of nitrogens with zero attached hydrogens (tertiary/aromatic N) is 1. The Bertz CT molecular complexity index is 582. The van der Waals surface area contributed by atoms with Crippen molar-refractivity contribution in [1.82, 2.24) is 4.98 Å². The highest BCUT2D eigenvalue weighted by Crippen LogP contribution is 2.20. The largest absolute Gasteiger partial charge is 0.375 e. The Morgan fingerprint density at radius 1 is 1.56 bits per heavy atom. The maximum absolute atomic E-state index is 13.1. The average molecular weight is 265 g/mol. The highest BCUT2D eigenvalue weighted by Gasteiger charge is 2.11. The molecule has 0 bridgehead atoms. The molecule has 1 heterocycles. The van der Waals surface area contributed by atoms with E-state index in [-0.39, 0.29) is 11.7 Å². The van der Waals surface area contributed by atoms with Crippen molar-refractivity contribution in [3.05, 3.63) is 40.7 Å². The lowest BCUT2D eigenvalue weighted by Crippen LogP contribution is -2.11. The summed E-state index contributed by atoms with van der Waals surface area (Å²) < 4.78 is 13.1. The molecule has 1 aromatic carbocycles. The van der Waals surface area contributed by atoms with E-state index in [1.54, 1.807) is 6.07 Å². The summed E-state index contributed by atoms with van der Waals surface area (Å²) in [5, 5.41) is 3.07. The number of thiazole rings is 1. The van der Waals surface area contributed by atoms with Crippen molar-refractivity contribution < 1.29 is 9.18 Å². The minimum atomic E-state index is -0.313. The molecule has 0 aliphatic heterocycles. The van der Waals surface area contributed by atoms with Crippen LogP contribution >= 0.6 is 11.3 Å². The Morgan fingerprint density at radius 3 is 2.94 bits per heavy atom. The van der Waals surface area contributed by atoms with E-state index in [1.165, 1.54) is 18.3 Å². The number of hydrogen-bond acceptors (Lipinski definition) is 4. The minimum Gasteiger partial charge on any atom is -0.375 e. The van der Waals surface area contributed by atoms with Gasteiger partial charge in [-0.25, -0.2) is 9.37 Å². The van der Waals surface area contributed by atoms with Crippen molar-refractivity contribution in [3.63, 3.8) is 0 Å². The van der Waals surface area contributed by atoms with Crippen molar-refractivity contribution in [2.24, 2.45) is 0 Å². The summed E-state index contributed by atoms with van der Waals surface area (Å²) in [4.78, 5) is 16.1. The summed E-state index contributed by atoms with van der Waals surface area (Å²) in [6, 6.07) is 4.28. The number of aryl methyl sites for hydroxylation is 1. The molecular formula is C12H12FN3OS. The maximum atomic E-state index is 13.1. The molecule has 0 aliphatic carbocycles. The number of benzene rings is 1. The van der Waals surface area contributed by atoms with Gasteiger partial charge in [0.15, 0.2) is 5.13 Å². The highest BCUT2D eigenvalue weighted by molar-refractivity contribution is 7.17. The monoisotopic (exact) mass is 265 g/mol. The van der Waals surface area contributed by atoms with E-state index < -0.39 is 0 Å². The third-order valence-electron chi connectivity index (χ3n) is 2.44. The molecule has 0 fully saturated rings. The third kappa shape index (κ3) is 2.65. The van der Waals surface area contributed by atoms with Gasteiger partial charge >= 0.3 is 0 Å². The molecule has 0 saturated carbocycles. The number of rotatable bonds is 3. The van der Waals surface area contributed by atoms with E-state index in [1.807, 2.05) is 6.92 Å². The van der Waals surface area contributed by atoms with Crippen LogP contribution in [0.25, 0.3) is 0 Å². The predicted molar refractivity (Wildman–Crippen MR) is 70.3 cm³/mol. The number of anilines is 2. The quantitative estimate of drug-likeness (QED) is 0.896. The second-order valence-corrected chi connectivity index (χ2v) is 4.73. The molecule has 94 valence electrons. The number of amides is 1. The molecule has 4 nitrogen and oxygen atoms in total. The van der Waals surface area contributed by atoms with Crippen LogP contribution < -0.4 is 11.1 Å². The minimum absolute atomic E-state index is 0.287. The fourth-order valence-electron chi connectivity index (χ4n) is 1.55. The second kappa shape index (κ2) is 5.14. The molecular weight excluding hydrogens is 253 g/mol. The van der Waals surface area contributed by atoms with E-state index >= 15 is 0 Å². The number of carbonyl (C=O) groups is 1. The van der Waals surface area contributed by atoms with Gasteiger partial charge in [-0.15, -0.1) is 0 Å². The van der Waals surface area contributed by atoms with Gasteiger partial charge in [-0.1, -0.05) is 18.3 Å². The molecule has 0 aliphatic rings. The summed E-state index contributed by atoms with van der Waals surface area (Å²) in [5.74, 6) is -0.600. The van der Waals surface area contributed by atoms with E-state index in [0.717, 1.165) is 16.9 Å². The van der Waals surface area contributed by atoms with Gasteiger partial charge < -0.3 is 11.1 Å². The molecule has 1 amide bonds. The topological polar surface area (TPSA) is 68.0 Å². The summed E-state index contributed by atoms with van der Waals surface area (Å²) in [7, 11) is 0. The summed E-state index contributed by atoms with van der Waals surface area (Å²) in [5.41, 5.74) is 6.82. The standard InChI is InChI=1S/C12H12FN3OS/c1-2-7-5-8(13)3-4-9(7)16-11(17)10-6-15-12(14)18-10/h3-6H,2H2,1H3,(H2,14,15)(H,16,17). The van der Waals surface area contributed by atoms with Gasteiger partial charge in [0.05, 0.1) is 6.20 Å². The fraction of sp³-hybridized carbons (Fsp3) is 0.167. The number of aromatic nitrogens is 1. The summed E-state index contributed by atoms with van der Waals surface area (Å²) in [6.07, 6.45) is 2.06. The smallest absolute Gasteiger partial charge is 0.267 e. The van der Waals surface area contributed by atoms with Gasteiger partial charge in [-0.2, -0.15) is 0 Å². The first-order valence-corrected chi connectivity index (χ1v) is 6.23. The van der Waals surface area contributed by atoms with Crippen LogP contribution in [0, 0.1) is 5.82 Å². The molecule has 2 rings (SSSR count). The van der Waals surface area contributed by atoms with Gasteiger partial charge in [0.1, 0.15) is 10.7 Å². The average Bonchev–Trinajstić information content (AvgIpc) is 2.78. The van der Waals surface area contributed by atoms with Crippen LogP contribution in [0.5, 0.6) is 0 Å². The number of nitrogens with two attached hydrogens (primary N) is 1. The molecule has 0 saturated heterocycles. The Labute approximate surface area is 108 Å². The van der Waals surface area contributed by atoms with Crippen LogP contribution in [-0.4, -0.2) is 10.9 Å². The number of carbonyl (C=O) groups excluding carboxylic acids is 1. The first kappa shape index (κ1) is 12.5. The van der Waals surface area contributed by atoms with Crippen LogP contribution in [-0.2, 0) is 6.42 Å². The van der Waals surface area contributed by atoms with Crippen LogP contribution in [0.2, 0.25) is 0 Å².